The van der Waals surface area contributed by atoms with Crippen molar-refractivity contribution < 1.29 is 0 Å². The molecule has 3 unspecified atom stereocenters. The topological polar surface area (TPSA) is 67.1 Å². The van der Waals surface area contributed by atoms with Gasteiger partial charge in [0.1, 0.15) is 12.0 Å². The highest BCUT2D eigenvalue weighted by molar-refractivity contribution is 5.75. The van der Waals surface area contributed by atoms with E-state index in [1.165, 1.54) is 19.3 Å². The third kappa shape index (κ3) is 3.10. The van der Waals surface area contributed by atoms with E-state index in [1.807, 2.05) is 0 Å². The SMILES string of the molecule is CCC(C)Nc1ncnc(N2CC3(C)CC2CC(C)(C)C3)c1N. The molecule has 128 valence electrons. The fourth-order valence-electron chi connectivity index (χ4n) is 4.77. The van der Waals surface area contributed by atoms with E-state index < -0.39 is 0 Å². The monoisotopic (exact) mass is 317 g/mol. The van der Waals surface area contributed by atoms with Crippen LogP contribution in [0.5, 0.6) is 0 Å². The molecule has 1 aliphatic carbocycles. The zero-order chi connectivity index (χ0) is 16.8. The largest absolute Gasteiger partial charge is 0.393 e. The van der Waals surface area contributed by atoms with Crippen LogP contribution in [0.1, 0.15) is 60.3 Å². The highest BCUT2D eigenvalue weighted by atomic mass is 15.3. The summed E-state index contributed by atoms with van der Waals surface area (Å²) in [4.78, 5) is 11.3. The van der Waals surface area contributed by atoms with E-state index in [0.29, 0.717) is 28.6 Å². The van der Waals surface area contributed by atoms with Crippen LogP contribution in [-0.2, 0) is 0 Å². The van der Waals surface area contributed by atoms with Gasteiger partial charge in [-0.3, -0.25) is 0 Å². The van der Waals surface area contributed by atoms with Crippen LogP contribution < -0.4 is 16.0 Å². The number of nitrogen functional groups attached to an aromatic ring is 1. The molecule has 2 bridgehead atoms. The summed E-state index contributed by atoms with van der Waals surface area (Å²) >= 11 is 0. The maximum absolute atomic E-state index is 6.43. The van der Waals surface area contributed by atoms with Crippen molar-refractivity contribution in [1.29, 1.82) is 0 Å². The predicted molar refractivity (Wildman–Crippen MR) is 96.7 cm³/mol. The second kappa shape index (κ2) is 5.53. The molecule has 5 nitrogen and oxygen atoms in total. The maximum Gasteiger partial charge on any atom is 0.157 e. The molecule has 2 heterocycles. The van der Waals surface area contributed by atoms with Gasteiger partial charge in [-0.2, -0.15) is 0 Å². The van der Waals surface area contributed by atoms with E-state index >= 15 is 0 Å². The fraction of sp³-hybridized carbons (Fsp3) is 0.778. The second-order valence-corrected chi connectivity index (χ2v) is 8.75. The molecule has 2 aliphatic rings. The normalized spacial score (nSPS) is 30.3. The first-order chi connectivity index (χ1) is 10.7. The van der Waals surface area contributed by atoms with Gasteiger partial charge in [0.05, 0.1) is 0 Å². The van der Waals surface area contributed by atoms with Crippen LogP contribution >= 0.6 is 0 Å². The molecule has 1 saturated heterocycles. The number of aromatic nitrogens is 2. The van der Waals surface area contributed by atoms with Gasteiger partial charge in [0, 0.05) is 18.6 Å². The van der Waals surface area contributed by atoms with Gasteiger partial charge < -0.3 is 16.0 Å². The highest BCUT2D eigenvalue weighted by Crippen LogP contribution is 2.53. The summed E-state index contributed by atoms with van der Waals surface area (Å²) < 4.78 is 0. The van der Waals surface area contributed by atoms with Gasteiger partial charge in [0.25, 0.3) is 0 Å². The number of nitrogens with zero attached hydrogens (tertiary/aromatic N) is 3. The van der Waals surface area contributed by atoms with E-state index in [0.717, 1.165) is 24.6 Å². The zero-order valence-electron chi connectivity index (χ0n) is 15.2. The van der Waals surface area contributed by atoms with Crippen LogP contribution in [0.2, 0.25) is 0 Å². The summed E-state index contributed by atoms with van der Waals surface area (Å²) in [6.07, 6.45) is 6.41. The van der Waals surface area contributed by atoms with Crippen molar-refractivity contribution in [3.8, 4) is 0 Å². The Morgan fingerprint density at radius 3 is 2.78 bits per heavy atom. The first kappa shape index (κ1) is 16.3. The minimum atomic E-state index is 0.356. The van der Waals surface area contributed by atoms with Crippen molar-refractivity contribution >= 4 is 17.3 Å². The van der Waals surface area contributed by atoms with Gasteiger partial charge in [-0.1, -0.05) is 27.7 Å². The van der Waals surface area contributed by atoms with Crippen LogP contribution in [0.15, 0.2) is 6.33 Å². The van der Waals surface area contributed by atoms with Crippen molar-refractivity contribution in [1.82, 2.24) is 9.97 Å². The molecule has 1 aromatic heterocycles. The molecule has 1 saturated carbocycles. The lowest BCUT2D eigenvalue weighted by Crippen LogP contribution is -2.35. The number of nitrogens with one attached hydrogen (secondary N) is 1. The van der Waals surface area contributed by atoms with Crippen molar-refractivity contribution in [2.75, 3.05) is 22.5 Å². The fourth-order valence-corrected chi connectivity index (χ4v) is 4.77. The number of hydrogen-bond acceptors (Lipinski definition) is 5. The molecule has 0 radical (unpaired) electrons. The van der Waals surface area contributed by atoms with Gasteiger partial charge in [-0.05, 0) is 43.4 Å². The van der Waals surface area contributed by atoms with E-state index in [1.54, 1.807) is 6.33 Å². The van der Waals surface area contributed by atoms with E-state index in [-0.39, 0.29) is 0 Å². The molecule has 5 heteroatoms. The molecular formula is C18H31N5. The minimum Gasteiger partial charge on any atom is -0.393 e. The quantitative estimate of drug-likeness (QED) is 0.887. The molecule has 0 aromatic carbocycles. The average molecular weight is 317 g/mol. The molecule has 2 fully saturated rings. The van der Waals surface area contributed by atoms with E-state index in [9.17, 15) is 0 Å². The number of hydrogen-bond donors (Lipinski definition) is 2. The molecular weight excluding hydrogens is 286 g/mol. The van der Waals surface area contributed by atoms with Crippen molar-refractivity contribution in [3.05, 3.63) is 6.33 Å². The Kier molecular flexibility index (Phi) is 3.93. The van der Waals surface area contributed by atoms with Gasteiger partial charge in [0.15, 0.2) is 11.6 Å². The van der Waals surface area contributed by atoms with Crippen LogP contribution in [0.4, 0.5) is 17.3 Å². The van der Waals surface area contributed by atoms with Crippen LogP contribution in [0, 0.1) is 10.8 Å². The molecule has 0 spiro atoms. The Morgan fingerprint density at radius 1 is 1.35 bits per heavy atom. The number of rotatable bonds is 4. The van der Waals surface area contributed by atoms with Crippen molar-refractivity contribution in [2.45, 2.75) is 72.4 Å². The zero-order valence-corrected chi connectivity index (χ0v) is 15.2. The lowest BCUT2D eigenvalue weighted by molar-refractivity contribution is 0.136. The maximum atomic E-state index is 6.43. The summed E-state index contributed by atoms with van der Waals surface area (Å²) in [7, 11) is 0. The molecule has 3 N–H and O–H groups in total. The molecule has 0 amide bonds. The van der Waals surface area contributed by atoms with Gasteiger partial charge in [0.2, 0.25) is 0 Å². The highest BCUT2D eigenvalue weighted by Gasteiger charge is 2.50. The van der Waals surface area contributed by atoms with Gasteiger partial charge in [-0.15, -0.1) is 0 Å². The second-order valence-electron chi connectivity index (χ2n) is 8.75. The molecule has 3 atom stereocenters. The standard InChI is InChI=1S/C18H31N5/c1-6-12(2)22-15-14(19)16(21-11-20-15)23-10-18(5)8-13(23)7-17(3,4)9-18/h11-13H,6-10,19H2,1-5H3,(H,20,21,22). The summed E-state index contributed by atoms with van der Waals surface area (Å²) in [6.45, 7) is 12.5. The van der Waals surface area contributed by atoms with Crippen LogP contribution in [-0.4, -0.2) is 28.6 Å². The first-order valence-electron chi connectivity index (χ1n) is 8.87. The number of fused-ring (bicyclic) bond motifs is 2. The Morgan fingerprint density at radius 2 is 2.09 bits per heavy atom. The van der Waals surface area contributed by atoms with E-state index in [4.69, 9.17) is 5.73 Å². The van der Waals surface area contributed by atoms with E-state index in [2.05, 4.69) is 54.8 Å². The molecule has 23 heavy (non-hydrogen) atoms. The summed E-state index contributed by atoms with van der Waals surface area (Å²) in [5.74, 6) is 1.69. The Labute approximate surface area is 140 Å². The Bertz CT molecular complexity index is 585. The molecule has 1 aromatic rings. The third-order valence-electron chi connectivity index (χ3n) is 5.55. The van der Waals surface area contributed by atoms with Crippen LogP contribution in [0.3, 0.4) is 0 Å². The summed E-state index contributed by atoms with van der Waals surface area (Å²) in [6, 6.07) is 0.895. The van der Waals surface area contributed by atoms with Crippen molar-refractivity contribution in [3.63, 3.8) is 0 Å². The smallest absolute Gasteiger partial charge is 0.157 e. The average Bonchev–Trinajstić information content (AvgIpc) is 2.70. The van der Waals surface area contributed by atoms with Gasteiger partial charge >= 0.3 is 0 Å². The third-order valence-corrected chi connectivity index (χ3v) is 5.55. The van der Waals surface area contributed by atoms with Gasteiger partial charge in [-0.25, -0.2) is 9.97 Å². The minimum absolute atomic E-state index is 0.356. The van der Waals surface area contributed by atoms with Crippen molar-refractivity contribution in [2.24, 2.45) is 10.8 Å². The molecule has 1 aliphatic heterocycles. The molecule has 3 rings (SSSR count). The summed E-state index contributed by atoms with van der Waals surface area (Å²) in [5.41, 5.74) is 7.89. The number of anilines is 3. The lowest BCUT2D eigenvalue weighted by atomic mass is 9.65. The predicted octanol–water partition coefficient (Wildman–Crippen LogP) is 3.67. The first-order valence-corrected chi connectivity index (χ1v) is 8.87. The Balaban J connectivity index is 1.89. The number of nitrogens with two attached hydrogens (primary N) is 1. The lowest BCUT2D eigenvalue weighted by Gasteiger charge is -2.39. The van der Waals surface area contributed by atoms with Crippen LogP contribution in [0.25, 0.3) is 0 Å². The Hall–Kier alpha value is -1.52. The summed E-state index contributed by atoms with van der Waals surface area (Å²) in [5, 5.41) is 3.41.